The molecule has 0 spiro atoms. The van der Waals surface area contributed by atoms with E-state index in [1.165, 1.54) is 0 Å². The van der Waals surface area contributed by atoms with E-state index in [2.05, 4.69) is 9.97 Å². The van der Waals surface area contributed by atoms with Gasteiger partial charge in [-0.15, -0.1) is 0 Å². The number of imidazole rings is 1. The number of ether oxygens (including phenoxy) is 2. The van der Waals surface area contributed by atoms with Gasteiger partial charge in [-0.25, -0.2) is 14.6 Å². The molecule has 7 nitrogen and oxygen atoms in total. The van der Waals surface area contributed by atoms with E-state index in [1.807, 2.05) is 20.8 Å². The molecule has 1 fully saturated rings. The van der Waals surface area contributed by atoms with E-state index in [0.29, 0.717) is 24.5 Å². The summed E-state index contributed by atoms with van der Waals surface area (Å²) in [5.41, 5.74) is 1.45. The van der Waals surface area contributed by atoms with Gasteiger partial charge in [0, 0.05) is 6.54 Å². The summed E-state index contributed by atoms with van der Waals surface area (Å²) in [6.07, 6.45) is 1.39. The van der Waals surface area contributed by atoms with Gasteiger partial charge in [-0.3, -0.25) is 4.90 Å². The van der Waals surface area contributed by atoms with E-state index in [-0.39, 0.29) is 18.1 Å². The van der Waals surface area contributed by atoms with Crippen LogP contribution in [0.4, 0.5) is 4.79 Å². The van der Waals surface area contributed by atoms with E-state index >= 15 is 0 Å². The fourth-order valence-corrected chi connectivity index (χ4v) is 3.12. The lowest BCUT2D eigenvalue weighted by atomic mass is 10.2. The Kier molecular flexibility index (Phi) is 4.89. The summed E-state index contributed by atoms with van der Waals surface area (Å²) in [6, 6.07) is 5.07. The van der Waals surface area contributed by atoms with Gasteiger partial charge in [0.25, 0.3) is 0 Å². The first-order chi connectivity index (χ1) is 12.3. The number of benzene rings is 1. The van der Waals surface area contributed by atoms with Crippen molar-refractivity contribution in [1.29, 1.82) is 0 Å². The fraction of sp³-hybridized carbons (Fsp3) is 0.526. The average Bonchev–Trinajstić information content (AvgIpc) is 3.19. The number of carbonyl (C=O) groups excluding carboxylic acids is 2. The van der Waals surface area contributed by atoms with E-state index < -0.39 is 5.60 Å². The van der Waals surface area contributed by atoms with Gasteiger partial charge in [-0.2, -0.15) is 0 Å². The minimum Gasteiger partial charge on any atom is -0.462 e. The number of nitrogens with one attached hydrogen (secondary N) is 1. The Labute approximate surface area is 152 Å². The van der Waals surface area contributed by atoms with Gasteiger partial charge < -0.3 is 14.5 Å². The molecule has 140 valence electrons. The van der Waals surface area contributed by atoms with Crippen molar-refractivity contribution in [3.05, 3.63) is 29.6 Å². The molecule has 1 atom stereocenters. The maximum absolute atomic E-state index is 12.5. The number of carbonyl (C=O) groups is 2. The predicted molar refractivity (Wildman–Crippen MR) is 97.0 cm³/mol. The number of nitrogens with zero attached hydrogens (tertiary/aromatic N) is 2. The van der Waals surface area contributed by atoms with Crippen LogP contribution in [0.25, 0.3) is 11.0 Å². The third-order valence-electron chi connectivity index (χ3n) is 4.21. The monoisotopic (exact) mass is 359 g/mol. The lowest BCUT2D eigenvalue weighted by molar-refractivity contribution is 0.0218. The zero-order valence-electron chi connectivity index (χ0n) is 15.7. The number of hydrogen-bond donors (Lipinski definition) is 1. The molecule has 7 heteroatoms. The van der Waals surface area contributed by atoms with Gasteiger partial charge in [-0.05, 0) is 58.7 Å². The van der Waals surface area contributed by atoms with Crippen LogP contribution in [-0.4, -0.2) is 45.7 Å². The second kappa shape index (κ2) is 6.97. The van der Waals surface area contributed by atoms with E-state index in [0.717, 1.165) is 23.9 Å². The lowest BCUT2D eigenvalue weighted by Gasteiger charge is -2.27. The summed E-state index contributed by atoms with van der Waals surface area (Å²) in [4.78, 5) is 34.0. The molecule has 1 aromatic heterocycles. The van der Waals surface area contributed by atoms with Crippen LogP contribution in [0.5, 0.6) is 0 Å². The van der Waals surface area contributed by atoms with Gasteiger partial charge in [0.15, 0.2) is 0 Å². The van der Waals surface area contributed by atoms with E-state index in [4.69, 9.17) is 9.47 Å². The van der Waals surface area contributed by atoms with E-state index in [9.17, 15) is 9.59 Å². The summed E-state index contributed by atoms with van der Waals surface area (Å²) in [5.74, 6) is 0.353. The van der Waals surface area contributed by atoms with Crippen molar-refractivity contribution in [3.8, 4) is 0 Å². The van der Waals surface area contributed by atoms with Crippen molar-refractivity contribution in [2.45, 2.75) is 52.2 Å². The molecular weight excluding hydrogens is 334 g/mol. The highest BCUT2D eigenvalue weighted by Crippen LogP contribution is 2.32. The molecule has 0 radical (unpaired) electrons. The number of likely N-dealkylation sites (tertiary alicyclic amines) is 1. The van der Waals surface area contributed by atoms with Crippen molar-refractivity contribution < 1.29 is 19.1 Å². The number of aromatic nitrogens is 2. The smallest absolute Gasteiger partial charge is 0.410 e. The van der Waals surface area contributed by atoms with Crippen LogP contribution < -0.4 is 0 Å². The van der Waals surface area contributed by atoms with Gasteiger partial charge in [-0.1, -0.05) is 0 Å². The number of fused-ring (bicyclic) bond motifs is 1. The van der Waals surface area contributed by atoms with Crippen LogP contribution in [0.2, 0.25) is 0 Å². The molecule has 0 aliphatic carbocycles. The first-order valence-electron chi connectivity index (χ1n) is 8.95. The summed E-state index contributed by atoms with van der Waals surface area (Å²) in [5, 5.41) is 0. The Balaban J connectivity index is 1.85. The SMILES string of the molecule is CCOC(=O)c1ccc2nc(C3CCCN3C(=O)OC(C)(C)C)[nH]c2c1. The number of H-pyrrole nitrogens is 1. The van der Waals surface area contributed by atoms with Crippen LogP contribution in [-0.2, 0) is 9.47 Å². The molecular formula is C19H25N3O4. The quantitative estimate of drug-likeness (QED) is 0.842. The Hall–Kier alpha value is -2.57. The maximum atomic E-state index is 12.5. The summed E-state index contributed by atoms with van der Waals surface area (Å²) >= 11 is 0. The van der Waals surface area contributed by atoms with Crippen molar-refractivity contribution in [2.75, 3.05) is 13.2 Å². The molecule has 1 amide bonds. The van der Waals surface area contributed by atoms with Gasteiger partial charge in [0.2, 0.25) is 0 Å². The fourth-order valence-electron chi connectivity index (χ4n) is 3.12. The van der Waals surface area contributed by atoms with Crippen LogP contribution in [0.3, 0.4) is 0 Å². The molecule has 0 bridgehead atoms. The number of rotatable bonds is 3. The first-order valence-corrected chi connectivity index (χ1v) is 8.95. The molecule has 3 rings (SSSR count). The molecule has 1 unspecified atom stereocenters. The molecule has 2 aromatic rings. The molecule has 1 aliphatic rings. The highest BCUT2D eigenvalue weighted by molar-refractivity contribution is 5.93. The number of aromatic amines is 1. The standard InChI is InChI=1S/C19H25N3O4/c1-5-25-17(23)12-8-9-13-14(11-12)21-16(20-13)15-7-6-10-22(15)18(24)26-19(2,3)4/h8-9,11,15H,5-7,10H2,1-4H3,(H,20,21). The molecule has 2 heterocycles. The van der Waals surface area contributed by atoms with Crippen LogP contribution in [0.1, 0.15) is 62.8 Å². The van der Waals surface area contributed by atoms with Crippen LogP contribution >= 0.6 is 0 Å². The number of amides is 1. The van der Waals surface area contributed by atoms with Crippen molar-refractivity contribution in [2.24, 2.45) is 0 Å². The maximum Gasteiger partial charge on any atom is 0.410 e. The van der Waals surface area contributed by atoms with Crippen molar-refractivity contribution in [1.82, 2.24) is 14.9 Å². The van der Waals surface area contributed by atoms with Crippen LogP contribution in [0, 0.1) is 0 Å². The molecule has 0 saturated carbocycles. The summed E-state index contributed by atoms with van der Waals surface area (Å²) < 4.78 is 10.5. The Morgan fingerprint density at radius 1 is 1.35 bits per heavy atom. The third-order valence-corrected chi connectivity index (χ3v) is 4.21. The second-order valence-corrected chi connectivity index (χ2v) is 7.41. The minimum absolute atomic E-state index is 0.150. The molecule has 1 N–H and O–H groups in total. The lowest BCUT2D eigenvalue weighted by Crippen LogP contribution is -2.36. The zero-order valence-corrected chi connectivity index (χ0v) is 15.7. The average molecular weight is 359 g/mol. The molecule has 1 aliphatic heterocycles. The second-order valence-electron chi connectivity index (χ2n) is 7.41. The Morgan fingerprint density at radius 3 is 2.81 bits per heavy atom. The number of hydrogen-bond acceptors (Lipinski definition) is 5. The molecule has 1 aromatic carbocycles. The third kappa shape index (κ3) is 3.81. The largest absolute Gasteiger partial charge is 0.462 e. The minimum atomic E-state index is -0.535. The highest BCUT2D eigenvalue weighted by atomic mass is 16.6. The van der Waals surface area contributed by atoms with Gasteiger partial charge >= 0.3 is 12.1 Å². The van der Waals surface area contributed by atoms with Crippen LogP contribution in [0.15, 0.2) is 18.2 Å². The topological polar surface area (TPSA) is 84.5 Å². The van der Waals surface area contributed by atoms with E-state index in [1.54, 1.807) is 30.0 Å². The van der Waals surface area contributed by atoms with Gasteiger partial charge in [0.1, 0.15) is 11.4 Å². The summed E-state index contributed by atoms with van der Waals surface area (Å²) in [6.45, 7) is 8.31. The van der Waals surface area contributed by atoms with Gasteiger partial charge in [0.05, 0.1) is 29.2 Å². The number of esters is 1. The highest BCUT2D eigenvalue weighted by Gasteiger charge is 2.35. The Morgan fingerprint density at radius 2 is 2.12 bits per heavy atom. The predicted octanol–water partition coefficient (Wildman–Crippen LogP) is 3.81. The summed E-state index contributed by atoms with van der Waals surface area (Å²) in [7, 11) is 0. The normalized spacial score (nSPS) is 17.5. The van der Waals surface area contributed by atoms with Crippen molar-refractivity contribution >= 4 is 23.1 Å². The molecule has 26 heavy (non-hydrogen) atoms. The molecule has 1 saturated heterocycles. The first kappa shape index (κ1) is 18.2. The Bertz CT molecular complexity index is 822. The van der Waals surface area contributed by atoms with Crippen molar-refractivity contribution in [3.63, 3.8) is 0 Å². The zero-order chi connectivity index (χ0) is 18.9.